The molecule has 0 aliphatic heterocycles. The maximum absolute atomic E-state index is 13.5. The average molecular weight is 509 g/mol. The van der Waals surface area contributed by atoms with E-state index in [1.165, 1.54) is 7.11 Å². The zero-order chi connectivity index (χ0) is 27.8. The first-order chi connectivity index (χ1) is 17.2. The lowest BCUT2D eigenvalue weighted by Crippen LogP contribution is -2.57. The van der Waals surface area contributed by atoms with Crippen LogP contribution >= 0.6 is 0 Å². The molecule has 3 saturated carbocycles. The minimum atomic E-state index is -0.926. The highest BCUT2D eigenvalue weighted by Gasteiger charge is 2.65. The Kier molecular flexibility index (Phi) is 8.26. The third-order valence-electron chi connectivity index (χ3n) is 9.95. The van der Waals surface area contributed by atoms with Gasteiger partial charge in [0, 0.05) is 23.0 Å². The topological polar surface area (TPSA) is 80.7 Å². The number of Topliss-reactive ketones (excluding diaryl/α,β-unsaturated/α-hetero) is 1. The first-order valence-electron chi connectivity index (χ1n) is 13.5. The summed E-state index contributed by atoms with van der Waals surface area (Å²) in [7, 11) is 1.48. The number of ether oxygens (including phenoxy) is 1. The molecular weight excluding hydrogens is 464 g/mol. The summed E-state index contributed by atoms with van der Waals surface area (Å²) in [5.41, 5.74) is 2.95. The van der Waals surface area contributed by atoms with E-state index in [0.29, 0.717) is 12.3 Å². The summed E-state index contributed by atoms with van der Waals surface area (Å²) in [6.45, 7) is 14.7. The van der Waals surface area contributed by atoms with Gasteiger partial charge in [0.05, 0.1) is 13.0 Å². The van der Waals surface area contributed by atoms with Crippen LogP contribution in [0, 0.1) is 34.0 Å². The van der Waals surface area contributed by atoms with E-state index >= 15 is 0 Å². The second kappa shape index (κ2) is 10.6. The molecule has 0 saturated heterocycles. The summed E-state index contributed by atoms with van der Waals surface area (Å²) in [5.74, 6) is -0.217. The van der Waals surface area contributed by atoms with Gasteiger partial charge in [0.15, 0.2) is 5.78 Å². The Balaban J connectivity index is 1.86. The molecule has 1 N–H and O–H groups in total. The van der Waals surface area contributed by atoms with Gasteiger partial charge in [-0.25, -0.2) is 4.79 Å². The van der Waals surface area contributed by atoms with Crippen molar-refractivity contribution in [1.82, 2.24) is 0 Å². The largest absolute Gasteiger partial charge is 0.478 e. The second-order valence-corrected chi connectivity index (χ2v) is 12.5. The molecule has 0 amide bonds. The van der Waals surface area contributed by atoms with Crippen LogP contribution in [0.3, 0.4) is 0 Å². The molecule has 37 heavy (non-hydrogen) atoms. The van der Waals surface area contributed by atoms with Crippen molar-refractivity contribution >= 4 is 17.7 Å². The Hall–Kier alpha value is -2.69. The van der Waals surface area contributed by atoms with Gasteiger partial charge in [-0.3, -0.25) is 9.59 Å². The van der Waals surface area contributed by atoms with E-state index in [0.717, 1.165) is 42.4 Å². The number of fused-ring (bicyclic) bond motifs is 3. The van der Waals surface area contributed by atoms with Crippen molar-refractivity contribution in [1.29, 1.82) is 0 Å². The summed E-state index contributed by atoms with van der Waals surface area (Å²) >= 11 is 0. The van der Waals surface area contributed by atoms with E-state index in [4.69, 9.17) is 9.84 Å². The van der Waals surface area contributed by atoms with Crippen LogP contribution in [0.5, 0.6) is 0 Å². The number of rotatable bonds is 6. The smallest absolute Gasteiger partial charge is 0.331 e. The highest BCUT2D eigenvalue weighted by molar-refractivity contribution is 6.00. The SMILES string of the molecule is COC(=O)[C@H]1CC[C@@]2(C)[C@@H](CC[C@]3(C)/C(=C(\C)C=CC=C(C)C=CC=C(C)C(=O)O)C(=O)C[C@@H]23)C1(C)C. The molecule has 5 heteroatoms. The van der Waals surface area contributed by atoms with Crippen molar-refractivity contribution < 1.29 is 24.2 Å². The molecule has 3 aliphatic rings. The molecule has 0 aromatic heterocycles. The number of methoxy groups -OCH3 is 1. The molecule has 0 heterocycles. The van der Waals surface area contributed by atoms with Crippen molar-refractivity contribution in [2.45, 2.75) is 80.6 Å². The molecule has 0 aromatic rings. The van der Waals surface area contributed by atoms with E-state index in [1.54, 1.807) is 19.1 Å². The van der Waals surface area contributed by atoms with Gasteiger partial charge in [-0.2, -0.15) is 0 Å². The van der Waals surface area contributed by atoms with Gasteiger partial charge in [-0.05, 0) is 74.7 Å². The molecule has 202 valence electrons. The molecular formula is C32H44O5. The molecule has 5 atom stereocenters. The van der Waals surface area contributed by atoms with Crippen LogP contribution in [0.2, 0.25) is 0 Å². The maximum atomic E-state index is 13.5. The van der Waals surface area contributed by atoms with E-state index in [2.05, 4.69) is 27.7 Å². The zero-order valence-electron chi connectivity index (χ0n) is 23.8. The van der Waals surface area contributed by atoms with Crippen molar-refractivity contribution in [3.63, 3.8) is 0 Å². The second-order valence-electron chi connectivity index (χ2n) is 12.5. The molecule has 0 aromatic carbocycles. The van der Waals surface area contributed by atoms with Gasteiger partial charge in [0.1, 0.15) is 0 Å². The van der Waals surface area contributed by atoms with E-state index in [9.17, 15) is 14.4 Å². The highest BCUT2D eigenvalue weighted by atomic mass is 16.5. The summed E-state index contributed by atoms with van der Waals surface area (Å²) in [5, 5.41) is 8.95. The van der Waals surface area contributed by atoms with Crippen LogP contribution in [-0.4, -0.2) is 29.9 Å². The van der Waals surface area contributed by atoms with Crippen LogP contribution in [0.15, 0.2) is 58.7 Å². The number of ketones is 1. The lowest BCUT2D eigenvalue weighted by Gasteiger charge is -2.62. The monoisotopic (exact) mass is 508 g/mol. The standard InChI is InChI=1S/C32H44O5/c1-20(12-10-14-22(3)28(34)35)11-9-13-21(2)27-24(33)19-26-31(6)17-15-23(29(36)37-8)30(4,5)25(31)16-18-32(26,27)7/h9-14,23,25-26H,15-19H2,1-8H3,(H,34,35)/b12-10?,13-9?,20-11?,22-14?,27-21+/t23-,25+,26+,31+,32+/m1/s1. The minimum absolute atomic E-state index is 0.00527. The Bertz CT molecular complexity index is 1110. The highest BCUT2D eigenvalue weighted by Crippen LogP contribution is 2.70. The Morgan fingerprint density at radius 1 is 0.946 bits per heavy atom. The van der Waals surface area contributed by atoms with Crippen molar-refractivity contribution in [3.05, 3.63) is 58.7 Å². The number of hydrogen-bond donors (Lipinski definition) is 1. The van der Waals surface area contributed by atoms with Crippen LogP contribution in [0.25, 0.3) is 0 Å². The van der Waals surface area contributed by atoms with Gasteiger partial charge in [0.2, 0.25) is 0 Å². The predicted octanol–water partition coefficient (Wildman–Crippen LogP) is 7.01. The summed E-state index contributed by atoms with van der Waals surface area (Å²) in [4.78, 5) is 37.0. The Labute approximate surface area is 222 Å². The van der Waals surface area contributed by atoms with Crippen LogP contribution in [0.1, 0.15) is 80.6 Å². The molecule has 3 aliphatic carbocycles. The molecule has 3 rings (SSSR count). The lowest BCUT2D eigenvalue weighted by molar-refractivity contribution is -0.171. The van der Waals surface area contributed by atoms with E-state index in [-0.39, 0.29) is 45.4 Å². The van der Waals surface area contributed by atoms with Gasteiger partial charge in [-0.1, -0.05) is 69.7 Å². The van der Waals surface area contributed by atoms with Gasteiger partial charge >= 0.3 is 11.9 Å². The van der Waals surface area contributed by atoms with Crippen molar-refractivity contribution in [2.24, 2.45) is 34.0 Å². The predicted molar refractivity (Wildman–Crippen MR) is 147 cm³/mol. The van der Waals surface area contributed by atoms with E-state index < -0.39 is 5.97 Å². The van der Waals surface area contributed by atoms with Crippen LogP contribution in [-0.2, 0) is 19.1 Å². The van der Waals surface area contributed by atoms with Gasteiger partial charge in [-0.15, -0.1) is 0 Å². The first kappa shape index (κ1) is 28.9. The molecule has 5 nitrogen and oxygen atoms in total. The Morgan fingerprint density at radius 2 is 1.59 bits per heavy atom. The molecule has 0 unspecified atom stereocenters. The fourth-order valence-electron chi connectivity index (χ4n) is 8.06. The fraction of sp³-hybridized carbons (Fsp3) is 0.594. The molecule has 0 bridgehead atoms. The first-order valence-corrected chi connectivity index (χ1v) is 13.5. The summed E-state index contributed by atoms with van der Waals surface area (Å²) in [6.07, 6.45) is 15.4. The third kappa shape index (κ3) is 5.19. The number of allylic oxidation sites excluding steroid dienone is 9. The molecule has 0 radical (unpaired) electrons. The summed E-state index contributed by atoms with van der Waals surface area (Å²) < 4.78 is 5.16. The fourth-order valence-corrected chi connectivity index (χ4v) is 8.06. The van der Waals surface area contributed by atoms with Crippen molar-refractivity contribution in [3.8, 4) is 0 Å². The number of aliphatic carboxylic acids is 1. The van der Waals surface area contributed by atoms with Crippen molar-refractivity contribution in [2.75, 3.05) is 7.11 Å². The quantitative estimate of drug-likeness (QED) is 0.237. The number of carboxylic acid groups (broad SMARTS) is 1. The average Bonchev–Trinajstić information content (AvgIpc) is 3.09. The van der Waals surface area contributed by atoms with Gasteiger partial charge in [0.25, 0.3) is 0 Å². The van der Waals surface area contributed by atoms with E-state index in [1.807, 2.05) is 38.2 Å². The molecule has 3 fully saturated rings. The lowest BCUT2D eigenvalue weighted by atomic mass is 9.42. The number of carboxylic acids is 1. The Morgan fingerprint density at radius 3 is 2.22 bits per heavy atom. The minimum Gasteiger partial charge on any atom is -0.478 e. The number of hydrogen-bond acceptors (Lipinski definition) is 4. The summed E-state index contributed by atoms with van der Waals surface area (Å²) in [6, 6.07) is 0. The zero-order valence-corrected chi connectivity index (χ0v) is 23.8. The number of esters is 1. The molecule has 0 spiro atoms. The number of carbonyl (C=O) groups excluding carboxylic acids is 2. The van der Waals surface area contributed by atoms with Crippen LogP contribution in [0.4, 0.5) is 0 Å². The third-order valence-corrected chi connectivity index (χ3v) is 9.95. The van der Waals surface area contributed by atoms with Crippen LogP contribution < -0.4 is 0 Å². The van der Waals surface area contributed by atoms with Gasteiger partial charge < -0.3 is 9.84 Å². The maximum Gasteiger partial charge on any atom is 0.331 e. The normalized spacial score (nSPS) is 35.5. The number of carbonyl (C=O) groups is 3.